The summed E-state index contributed by atoms with van der Waals surface area (Å²) in [6.45, 7) is 7.96. The topological polar surface area (TPSA) is 75.7 Å². The minimum Gasteiger partial charge on any atom is -0.459 e. The SMILES string of the molecule is CC(C)(C)OC(=O)CN1CCC(CNS(C)(=O)=O)CC1. The van der Waals surface area contributed by atoms with Crippen molar-refractivity contribution in [1.29, 1.82) is 0 Å². The molecule has 0 unspecified atom stereocenters. The largest absolute Gasteiger partial charge is 0.459 e. The standard InChI is InChI=1S/C13H26N2O4S/c1-13(2,3)19-12(16)10-15-7-5-11(6-8-15)9-14-20(4,17)18/h11,14H,5-10H2,1-4H3. The summed E-state index contributed by atoms with van der Waals surface area (Å²) in [7, 11) is -3.11. The lowest BCUT2D eigenvalue weighted by atomic mass is 9.97. The Bertz CT molecular complexity index is 420. The van der Waals surface area contributed by atoms with Crippen LogP contribution in [0.2, 0.25) is 0 Å². The van der Waals surface area contributed by atoms with E-state index < -0.39 is 15.6 Å². The zero-order chi connectivity index (χ0) is 15.4. The van der Waals surface area contributed by atoms with Crippen LogP contribution in [0.4, 0.5) is 0 Å². The number of carbonyl (C=O) groups is 1. The van der Waals surface area contributed by atoms with Crippen molar-refractivity contribution in [1.82, 2.24) is 9.62 Å². The number of hydrogen-bond donors (Lipinski definition) is 1. The molecule has 7 heteroatoms. The van der Waals surface area contributed by atoms with Crippen LogP contribution in [-0.4, -0.2) is 57.3 Å². The van der Waals surface area contributed by atoms with Gasteiger partial charge in [0.2, 0.25) is 10.0 Å². The van der Waals surface area contributed by atoms with Crippen LogP contribution in [0, 0.1) is 5.92 Å². The first-order valence-corrected chi connectivity index (χ1v) is 8.83. The Morgan fingerprint density at radius 2 is 1.85 bits per heavy atom. The molecule has 0 aromatic carbocycles. The first kappa shape index (κ1) is 17.4. The minimum absolute atomic E-state index is 0.204. The van der Waals surface area contributed by atoms with Gasteiger partial charge in [0.1, 0.15) is 5.60 Å². The molecule has 0 aromatic heterocycles. The molecule has 1 saturated heterocycles. The summed E-state index contributed by atoms with van der Waals surface area (Å²) in [6, 6.07) is 0. The molecule has 0 amide bonds. The van der Waals surface area contributed by atoms with Crippen molar-refractivity contribution in [2.45, 2.75) is 39.2 Å². The molecule has 1 rings (SSSR count). The van der Waals surface area contributed by atoms with Crippen molar-refractivity contribution in [3.05, 3.63) is 0 Å². The van der Waals surface area contributed by atoms with E-state index in [0.29, 0.717) is 19.0 Å². The molecule has 1 aliphatic rings. The fourth-order valence-electron chi connectivity index (χ4n) is 2.17. The van der Waals surface area contributed by atoms with Gasteiger partial charge in [-0.05, 0) is 52.6 Å². The monoisotopic (exact) mass is 306 g/mol. The second-order valence-electron chi connectivity index (χ2n) is 6.43. The number of rotatable bonds is 5. The number of nitrogens with one attached hydrogen (secondary N) is 1. The van der Waals surface area contributed by atoms with E-state index in [1.54, 1.807) is 0 Å². The van der Waals surface area contributed by atoms with Crippen LogP contribution < -0.4 is 4.72 Å². The minimum atomic E-state index is -3.11. The third-order valence-corrected chi connectivity index (χ3v) is 3.81. The smallest absolute Gasteiger partial charge is 0.320 e. The van der Waals surface area contributed by atoms with Crippen molar-refractivity contribution in [2.24, 2.45) is 5.92 Å². The molecule has 0 aliphatic carbocycles. The lowest BCUT2D eigenvalue weighted by molar-refractivity contribution is -0.156. The Labute approximate surface area is 121 Å². The first-order valence-electron chi connectivity index (χ1n) is 6.94. The Morgan fingerprint density at radius 1 is 1.30 bits per heavy atom. The molecular formula is C13H26N2O4S. The predicted molar refractivity (Wildman–Crippen MR) is 77.9 cm³/mol. The second kappa shape index (κ2) is 6.87. The summed E-state index contributed by atoms with van der Waals surface area (Å²) in [6.07, 6.45) is 2.96. The van der Waals surface area contributed by atoms with Gasteiger partial charge in [-0.25, -0.2) is 13.1 Å². The molecule has 0 atom stereocenters. The maximum atomic E-state index is 11.7. The molecule has 0 saturated carbocycles. The number of esters is 1. The van der Waals surface area contributed by atoms with E-state index in [2.05, 4.69) is 9.62 Å². The Hall–Kier alpha value is -0.660. The van der Waals surface area contributed by atoms with Crippen molar-refractivity contribution in [3.8, 4) is 0 Å². The van der Waals surface area contributed by atoms with Gasteiger partial charge in [-0.1, -0.05) is 0 Å². The van der Waals surface area contributed by atoms with Crippen molar-refractivity contribution < 1.29 is 17.9 Å². The fourth-order valence-corrected chi connectivity index (χ4v) is 2.71. The molecule has 0 bridgehead atoms. The number of nitrogens with zero attached hydrogens (tertiary/aromatic N) is 1. The second-order valence-corrected chi connectivity index (χ2v) is 8.26. The molecule has 0 radical (unpaired) electrons. The number of sulfonamides is 1. The number of likely N-dealkylation sites (tertiary alicyclic amines) is 1. The summed E-state index contributed by atoms with van der Waals surface area (Å²) in [4.78, 5) is 13.8. The summed E-state index contributed by atoms with van der Waals surface area (Å²) in [5, 5.41) is 0. The lowest BCUT2D eigenvalue weighted by Crippen LogP contribution is -2.42. The molecule has 118 valence electrons. The molecule has 1 heterocycles. The highest BCUT2D eigenvalue weighted by Gasteiger charge is 2.23. The molecule has 1 N–H and O–H groups in total. The van der Waals surface area contributed by atoms with Gasteiger partial charge in [-0.2, -0.15) is 0 Å². The Kier molecular flexibility index (Phi) is 5.97. The average Bonchev–Trinajstić information content (AvgIpc) is 2.24. The van der Waals surface area contributed by atoms with E-state index in [-0.39, 0.29) is 5.97 Å². The number of carbonyl (C=O) groups excluding carboxylic acids is 1. The maximum Gasteiger partial charge on any atom is 0.320 e. The van der Waals surface area contributed by atoms with Gasteiger partial charge < -0.3 is 4.74 Å². The number of hydrogen-bond acceptors (Lipinski definition) is 5. The van der Waals surface area contributed by atoms with Crippen LogP contribution in [-0.2, 0) is 19.6 Å². The van der Waals surface area contributed by atoms with E-state index in [9.17, 15) is 13.2 Å². The van der Waals surface area contributed by atoms with Crippen LogP contribution in [0.15, 0.2) is 0 Å². The van der Waals surface area contributed by atoms with Gasteiger partial charge in [-0.3, -0.25) is 9.69 Å². The number of ether oxygens (including phenoxy) is 1. The first-order chi connectivity index (χ1) is 9.05. The zero-order valence-corrected chi connectivity index (χ0v) is 13.6. The van der Waals surface area contributed by atoms with Gasteiger partial charge in [0.25, 0.3) is 0 Å². The van der Waals surface area contributed by atoms with Crippen LogP contribution >= 0.6 is 0 Å². The third kappa shape index (κ3) is 7.81. The highest BCUT2D eigenvalue weighted by atomic mass is 32.2. The molecule has 1 fully saturated rings. The molecule has 20 heavy (non-hydrogen) atoms. The quantitative estimate of drug-likeness (QED) is 0.752. The van der Waals surface area contributed by atoms with E-state index in [1.165, 1.54) is 6.26 Å². The number of piperidine rings is 1. The van der Waals surface area contributed by atoms with Crippen LogP contribution in [0.5, 0.6) is 0 Å². The van der Waals surface area contributed by atoms with Crippen LogP contribution in [0.25, 0.3) is 0 Å². The Balaban J connectivity index is 2.27. The summed E-state index contributed by atoms with van der Waals surface area (Å²) >= 11 is 0. The zero-order valence-electron chi connectivity index (χ0n) is 12.8. The summed E-state index contributed by atoms with van der Waals surface area (Å²) < 4.78 is 29.9. The van der Waals surface area contributed by atoms with Crippen molar-refractivity contribution in [3.63, 3.8) is 0 Å². The predicted octanol–water partition coefficient (Wildman–Crippen LogP) is 0.589. The lowest BCUT2D eigenvalue weighted by Gasteiger charge is -2.32. The summed E-state index contributed by atoms with van der Waals surface area (Å²) in [5.41, 5.74) is -0.450. The van der Waals surface area contributed by atoms with Gasteiger partial charge >= 0.3 is 5.97 Å². The van der Waals surface area contributed by atoms with Crippen LogP contribution in [0.3, 0.4) is 0 Å². The summed E-state index contributed by atoms with van der Waals surface area (Å²) in [5.74, 6) is 0.143. The van der Waals surface area contributed by atoms with E-state index in [0.717, 1.165) is 25.9 Å². The van der Waals surface area contributed by atoms with E-state index in [4.69, 9.17) is 4.74 Å². The Morgan fingerprint density at radius 3 is 2.30 bits per heavy atom. The van der Waals surface area contributed by atoms with Gasteiger partial charge in [0, 0.05) is 6.54 Å². The van der Waals surface area contributed by atoms with Gasteiger partial charge in [-0.15, -0.1) is 0 Å². The van der Waals surface area contributed by atoms with E-state index >= 15 is 0 Å². The normalized spacial score (nSPS) is 19.0. The third-order valence-electron chi connectivity index (χ3n) is 3.11. The highest BCUT2D eigenvalue weighted by molar-refractivity contribution is 7.88. The average molecular weight is 306 g/mol. The molecule has 0 aromatic rings. The van der Waals surface area contributed by atoms with Gasteiger partial charge in [0.05, 0.1) is 12.8 Å². The molecular weight excluding hydrogens is 280 g/mol. The molecule has 0 spiro atoms. The highest BCUT2D eigenvalue weighted by Crippen LogP contribution is 2.17. The molecule has 1 aliphatic heterocycles. The molecule has 6 nitrogen and oxygen atoms in total. The van der Waals surface area contributed by atoms with Crippen molar-refractivity contribution in [2.75, 3.05) is 32.4 Å². The van der Waals surface area contributed by atoms with Crippen molar-refractivity contribution >= 4 is 16.0 Å². The van der Waals surface area contributed by atoms with E-state index in [1.807, 2.05) is 20.8 Å². The van der Waals surface area contributed by atoms with Crippen LogP contribution in [0.1, 0.15) is 33.6 Å². The maximum absolute atomic E-state index is 11.7. The van der Waals surface area contributed by atoms with Gasteiger partial charge in [0.15, 0.2) is 0 Å². The fraction of sp³-hybridized carbons (Fsp3) is 0.923.